The van der Waals surface area contributed by atoms with Crippen LogP contribution in [0.25, 0.3) is 0 Å². The molecular formula is C39H61N7O4. The Bertz CT molecular complexity index is 1440. The Hall–Kier alpha value is -3.44. The molecule has 1 aromatic heterocycles. The van der Waals surface area contributed by atoms with Crippen LogP contribution in [0, 0.1) is 6.92 Å². The summed E-state index contributed by atoms with van der Waals surface area (Å²) in [5.41, 5.74) is 4.02. The van der Waals surface area contributed by atoms with E-state index in [9.17, 15) is 14.7 Å². The van der Waals surface area contributed by atoms with Crippen molar-refractivity contribution in [1.29, 1.82) is 0 Å². The number of carbonyl (C=O) groups excluding carboxylic acids is 2. The lowest BCUT2D eigenvalue weighted by Gasteiger charge is -2.39. The van der Waals surface area contributed by atoms with Crippen molar-refractivity contribution >= 4 is 34.9 Å². The van der Waals surface area contributed by atoms with E-state index in [1.165, 1.54) is 11.3 Å². The van der Waals surface area contributed by atoms with E-state index in [2.05, 4.69) is 52.5 Å². The van der Waals surface area contributed by atoms with E-state index in [4.69, 9.17) is 14.7 Å². The Morgan fingerprint density at radius 3 is 2.34 bits per heavy atom. The second-order valence-electron chi connectivity index (χ2n) is 15.4. The molecule has 2 aliphatic heterocycles. The molecule has 0 spiro atoms. The number of amides is 1. The molecule has 1 amide bonds. The summed E-state index contributed by atoms with van der Waals surface area (Å²) in [6.45, 7) is 17.4. The number of benzene rings is 1. The number of rotatable bonds is 11. The highest BCUT2D eigenvalue weighted by molar-refractivity contribution is 5.99. The van der Waals surface area contributed by atoms with E-state index < -0.39 is 5.60 Å². The second kappa shape index (κ2) is 17.2. The van der Waals surface area contributed by atoms with Gasteiger partial charge in [-0.15, -0.1) is 0 Å². The zero-order valence-electron chi connectivity index (χ0n) is 31.4. The molecule has 11 nitrogen and oxygen atoms in total. The quantitative estimate of drug-likeness (QED) is 0.211. The molecule has 3 aliphatic rings. The van der Waals surface area contributed by atoms with Gasteiger partial charge < -0.3 is 30.3 Å². The van der Waals surface area contributed by atoms with Gasteiger partial charge in [0, 0.05) is 69.1 Å². The number of aryl methyl sites for hydroxylation is 2. The Labute approximate surface area is 299 Å². The average molecular weight is 692 g/mol. The zero-order valence-corrected chi connectivity index (χ0v) is 31.4. The van der Waals surface area contributed by atoms with Crippen LogP contribution in [0.1, 0.15) is 121 Å². The van der Waals surface area contributed by atoms with E-state index >= 15 is 0 Å². The molecule has 2 saturated heterocycles. The Morgan fingerprint density at radius 1 is 0.940 bits per heavy atom. The summed E-state index contributed by atoms with van der Waals surface area (Å²) in [5, 5.41) is 17.1. The van der Waals surface area contributed by atoms with E-state index in [0.717, 1.165) is 108 Å². The van der Waals surface area contributed by atoms with E-state index in [0.29, 0.717) is 36.9 Å². The first kappa shape index (κ1) is 37.8. The number of ketones is 1. The van der Waals surface area contributed by atoms with Crippen molar-refractivity contribution in [2.24, 2.45) is 0 Å². The molecule has 11 heteroatoms. The predicted octanol–water partition coefficient (Wildman–Crippen LogP) is 7.09. The fourth-order valence-electron chi connectivity index (χ4n) is 7.49. The van der Waals surface area contributed by atoms with Crippen molar-refractivity contribution in [3.63, 3.8) is 0 Å². The van der Waals surface area contributed by atoms with Crippen LogP contribution >= 0.6 is 0 Å². The van der Waals surface area contributed by atoms with Gasteiger partial charge in [0.05, 0.1) is 11.8 Å². The summed E-state index contributed by atoms with van der Waals surface area (Å²) in [7, 11) is 0. The van der Waals surface area contributed by atoms with Crippen molar-refractivity contribution in [3.05, 3.63) is 35.2 Å². The number of hydrogen-bond acceptors (Lipinski definition) is 10. The van der Waals surface area contributed by atoms with Gasteiger partial charge in [0.2, 0.25) is 0 Å². The van der Waals surface area contributed by atoms with Crippen LogP contribution in [-0.2, 0) is 11.2 Å². The number of aromatic nitrogens is 2. The molecule has 5 rings (SSSR count). The summed E-state index contributed by atoms with van der Waals surface area (Å²) >= 11 is 0. The Kier molecular flexibility index (Phi) is 13.0. The lowest BCUT2D eigenvalue weighted by atomic mass is 9.93. The zero-order chi connectivity index (χ0) is 35.8. The number of nitrogens with zero attached hydrogens (tertiary/aromatic N) is 5. The molecule has 2 aromatic rings. The van der Waals surface area contributed by atoms with E-state index in [-0.39, 0.29) is 24.0 Å². The predicted molar refractivity (Wildman–Crippen MR) is 201 cm³/mol. The number of ether oxygens (including phenoxy) is 1. The highest BCUT2D eigenvalue weighted by Gasteiger charge is 2.30. The first-order valence-electron chi connectivity index (χ1n) is 19.2. The lowest BCUT2D eigenvalue weighted by Crippen LogP contribution is -2.46. The molecule has 0 unspecified atom stereocenters. The lowest BCUT2D eigenvalue weighted by molar-refractivity contribution is 0.0254. The number of anilines is 4. The molecular weight excluding hydrogens is 630 g/mol. The van der Waals surface area contributed by atoms with Crippen LogP contribution in [0.15, 0.2) is 18.2 Å². The molecule has 276 valence electrons. The van der Waals surface area contributed by atoms with Crippen LogP contribution in [0.3, 0.4) is 0 Å². The number of Topliss-reactive ketones (excluding diaryl/α,β-unsaturated/α-hetero) is 1. The number of piperidine rings is 1. The van der Waals surface area contributed by atoms with Gasteiger partial charge in [-0.3, -0.25) is 9.69 Å². The number of aliphatic hydroxyl groups excluding tert-OH is 1. The largest absolute Gasteiger partial charge is 0.444 e. The molecule has 1 aliphatic carbocycles. The maximum Gasteiger partial charge on any atom is 0.410 e. The minimum atomic E-state index is -0.478. The molecule has 0 atom stereocenters. The molecule has 1 aromatic carbocycles. The van der Waals surface area contributed by atoms with Gasteiger partial charge in [0.15, 0.2) is 11.6 Å². The van der Waals surface area contributed by atoms with E-state index in [1.54, 1.807) is 0 Å². The van der Waals surface area contributed by atoms with Crippen LogP contribution in [0.5, 0.6) is 0 Å². The maximum absolute atomic E-state index is 13.4. The van der Waals surface area contributed by atoms with Gasteiger partial charge in [-0.1, -0.05) is 20.3 Å². The maximum atomic E-state index is 13.4. The van der Waals surface area contributed by atoms with Gasteiger partial charge in [0.1, 0.15) is 17.1 Å². The topological polar surface area (TPSA) is 123 Å². The minimum absolute atomic E-state index is 0.0158. The van der Waals surface area contributed by atoms with Crippen molar-refractivity contribution < 1.29 is 19.4 Å². The first-order valence-corrected chi connectivity index (χ1v) is 19.2. The van der Waals surface area contributed by atoms with Crippen LogP contribution < -0.4 is 15.5 Å². The highest BCUT2D eigenvalue weighted by atomic mass is 16.6. The summed E-state index contributed by atoms with van der Waals surface area (Å²) in [6, 6.07) is 7.15. The second-order valence-corrected chi connectivity index (χ2v) is 15.4. The third kappa shape index (κ3) is 10.1. The average Bonchev–Trinajstić information content (AvgIpc) is 3.35. The SMILES string of the molecule is CCCCC(=O)c1nc(CC)c(N[C@H]2CC[C@H](O)CC2)nc1Nc1ccc(N2CCC(N3CCCN(C(=O)OC(C)(C)C)CC3)CC2)c(C)c1. The summed E-state index contributed by atoms with van der Waals surface area (Å²) in [5.74, 6) is 1.24. The summed E-state index contributed by atoms with van der Waals surface area (Å²) in [6.07, 6.45) is 8.92. The molecule has 0 bridgehead atoms. The normalized spacial score (nSPS) is 21.1. The third-order valence-corrected chi connectivity index (χ3v) is 10.3. The standard InChI is InChI=1S/C39H61N7O4/c1-7-9-11-34(48)35-37(43-36(32(8-2)42-35)40-28-12-15-31(47)16-13-28)41-29-14-17-33(27(3)26-29)45-22-18-30(19-23-45)44-20-10-21-46(25-24-44)38(49)50-39(4,5)6/h14,17,26,28,30-31,47H,7-13,15-16,18-25H2,1-6H3,(H2,40,41,43)/t28-,31-. The molecule has 0 radical (unpaired) electrons. The molecule has 3 N–H and O–H groups in total. The fraction of sp³-hybridized carbons (Fsp3) is 0.692. The number of unbranched alkanes of at least 4 members (excludes halogenated alkanes) is 1. The monoisotopic (exact) mass is 691 g/mol. The van der Waals surface area contributed by atoms with Crippen LogP contribution in [0.4, 0.5) is 27.8 Å². The Balaban J connectivity index is 1.24. The Morgan fingerprint density at radius 2 is 1.68 bits per heavy atom. The van der Waals surface area contributed by atoms with Gasteiger partial charge >= 0.3 is 6.09 Å². The van der Waals surface area contributed by atoms with Gasteiger partial charge in [-0.25, -0.2) is 14.8 Å². The van der Waals surface area contributed by atoms with Gasteiger partial charge in [0.25, 0.3) is 0 Å². The number of hydrogen-bond donors (Lipinski definition) is 3. The summed E-state index contributed by atoms with van der Waals surface area (Å²) in [4.78, 5) is 42.9. The minimum Gasteiger partial charge on any atom is -0.444 e. The molecule has 3 fully saturated rings. The van der Waals surface area contributed by atoms with E-state index in [1.807, 2.05) is 32.6 Å². The van der Waals surface area contributed by atoms with Gasteiger partial charge in [-0.2, -0.15) is 0 Å². The smallest absolute Gasteiger partial charge is 0.410 e. The van der Waals surface area contributed by atoms with Crippen LogP contribution in [-0.4, -0.2) is 99.8 Å². The molecule has 3 heterocycles. The van der Waals surface area contributed by atoms with Gasteiger partial charge in [-0.05, 0) is 109 Å². The number of nitrogens with one attached hydrogen (secondary N) is 2. The third-order valence-electron chi connectivity index (χ3n) is 10.3. The van der Waals surface area contributed by atoms with Crippen molar-refractivity contribution in [2.75, 3.05) is 54.8 Å². The van der Waals surface area contributed by atoms with Crippen LogP contribution in [0.2, 0.25) is 0 Å². The molecule has 1 saturated carbocycles. The number of aliphatic hydroxyl groups is 1. The van der Waals surface area contributed by atoms with Crippen molar-refractivity contribution in [2.45, 2.75) is 136 Å². The highest BCUT2D eigenvalue weighted by Crippen LogP contribution is 2.31. The molecule has 50 heavy (non-hydrogen) atoms. The van der Waals surface area contributed by atoms with Crippen molar-refractivity contribution in [3.8, 4) is 0 Å². The summed E-state index contributed by atoms with van der Waals surface area (Å²) < 4.78 is 5.63. The van der Waals surface area contributed by atoms with Crippen molar-refractivity contribution in [1.82, 2.24) is 19.8 Å². The first-order chi connectivity index (χ1) is 23.9. The fourth-order valence-corrected chi connectivity index (χ4v) is 7.49. The number of carbonyl (C=O) groups is 2.